The summed E-state index contributed by atoms with van der Waals surface area (Å²) in [6.45, 7) is 6.77. The summed E-state index contributed by atoms with van der Waals surface area (Å²) < 4.78 is 0. The molecule has 1 heterocycles. The van der Waals surface area contributed by atoms with Gasteiger partial charge in [0.1, 0.15) is 5.00 Å². The van der Waals surface area contributed by atoms with Gasteiger partial charge in [-0.15, -0.1) is 11.3 Å². The zero-order valence-corrected chi connectivity index (χ0v) is 21.1. The van der Waals surface area contributed by atoms with Crippen LogP contribution in [0.1, 0.15) is 58.3 Å². The van der Waals surface area contributed by atoms with Crippen LogP contribution in [-0.4, -0.2) is 11.8 Å². The number of thiophene rings is 1. The van der Waals surface area contributed by atoms with Crippen molar-refractivity contribution in [3.8, 4) is 0 Å². The van der Waals surface area contributed by atoms with Gasteiger partial charge in [0.05, 0.1) is 5.56 Å². The van der Waals surface area contributed by atoms with Crippen molar-refractivity contribution in [3.05, 3.63) is 80.1 Å². The van der Waals surface area contributed by atoms with E-state index in [1.165, 1.54) is 16.2 Å². The van der Waals surface area contributed by atoms with Gasteiger partial charge < -0.3 is 10.6 Å². The van der Waals surface area contributed by atoms with Crippen LogP contribution in [0.3, 0.4) is 0 Å². The number of benzene rings is 2. The quantitative estimate of drug-likeness (QED) is 0.385. The van der Waals surface area contributed by atoms with Gasteiger partial charge in [-0.1, -0.05) is 50.0 Å². The van der Waals surface area contributed by atoms with Gasteiger partial charge in [-0.3, -0.25) is 9.59 Å². The van der Waals surface area contributed by atoms with Crippen LogP contribution in [0.2, 0.25) is 10.0 Å². The predicted molar refractivity (Wildman–Crippen MR) is 138 cm³/mol. The summed E-state index contributed by atoms with van der Waals surface area (Å²) in [7, 11) is 0. The number of amides is 2. The van der Waals surface area contributed by atoms with Gasteiger partial charge in [-0.2, -0.15) is 0 Å². The van der Waals surface area contributed by atoms with Gasteiger partial charge in [0, 0.05) is 26.2 Å². The van der Waals surface area contributed by atoms with Crippen LogP contribution in [0, 0.1) is 11.3 Å². The van der Waals surface area contributed by atoms with Crippen LogP contribution >= 0.6 is 34.5 Å². The van der Waals surface area contributed by atoms with E-state index in [1.807, 2.05) is 0 Å². The van der Waals surface area contributed by atoms with E-state index in [4.69, 9.17) is 23.2 Å². The van der Waals surface area contributed by atoms with Gasteiger partial charge in [0.15, 0.2) is 0 Å². The molecule has 2 amide bonds. The van der Waals surface area contributed by atoms with Crippen LogP contribution in [0.5, 0.6) is 0 Å². The van der Waals surface area contributed by atoms with Crippen molar-refractivity contribution in [2.75, 3.05) is 10.6 Å². The SMILES string of the molecule is CC(C)(C)C1CCc2c(sc(NC(=O)c3ccc(Cl)cc3)c2C(=O)Nc2cccc(Cl)c2)C1. The Labute approximate surface area is 208 Å². The Morgan fingerprint density at radius 2 is 1.70 bits per heavy atom. The molecule has 1 aliphatic rings. The monoisotopic (exact) mass is 500 g/mol. The predicted octanol–water partition coefficient (Wildman–Crippen LogP) is 7.71. The molecule has 4 rings (SSSR count). The first-order valence-corrected chi connectivity index (χ1v) is 12.5. The molecule has 0 aliphatic heterocycles. The number of carbonyl (C=O) groups excluding carboxylic acids is 2. The highest BCUT2D eigenvalue weighted by Crippen LogP contribution is 2.44. The summed E-state index contributed by atoms with van der Waals surface area (Å²) in [6, 6.07) is 13.8. The van der Waals surface area contributed by atoms with Gasteiger partial charge in [-0.25, -0.2) is 0 Å². The molecule has 0 fully saturated rings. The topological polar surface area (TPSA) is 58.2 Å². The minimum atomic E-state index is -0.269. The minimum Gasteiger partial charge on any atom is -0.322 e. The summed E-state index contributed by atoms with van der Waals surface area (Å²) in [5.41, 5.74) is 2.86. The first kappa shape index (κ1) is 23.8. The molecule has 2 N–H and O–H groups in total. The number of hydrogen-bond donors (Lipinski definition) is 2. The Morgan fingerprint density at radius 1 is 0.970 bits per heavy atom. The zero-order chi connectivity index (χ0) is 23.8. The summed E-state index contributed by atoms with van der Waals surface area (Å²) >= 11 is 13.6. The molecule has 172 valence electrons. The molecular formula is C26H26Cl2N2O2S. The molecule has 1 aliphatic carbocycles. The van der Waals surface area contributed by atoms with E-state index in [0.29, 0.717) is 37.8 Å². The molecule has 3 aromatic rings. The lowest BCUT2D eigenvalue weighted by Gasteiger charge is -2.33. The molecule has 0 bridgehead atoms. The second kappa shape index (κ2) is 9.49. The second-order valence-corrected chi connectivity index (χ2v) is 11.4. The molecule has 1 aromatic heterocycles. The van der Waals surface area contributed by atoms with Crippen molar-refractivity contribution in [2.45, 2.75) is 40.0 Å². The maximum absolute atomic E-state index is 13.4. The fraction of sp³-hybridized carbons (Fsp3) is 0.308. The lowest BCUT2D eigenvalue weighted by atomic mass is 9.72. The van der Waals surface area contributed by atoms with E-state index < -0.39 is 0 Å². The van der Waals surface area contributed by atoms with E-state index in [2.05, 4.69) is 31.4 Å². The van der Waals surface area contributed by atoms with Crippen LogP contribution in [0.25, 0.3) is 0 Å². The highest BCUT2D eigenvalue weighted by atomic mass is 35.5. The largest absolute Gasteiger partial charge is 0.322 e. The first-order chi connectivity index (χ1) is 15.6. The maximum atomic E-state index is 13.4. The van der Waals surface area contributed by atoms with Gasteiger partial charge >= 0.3 is 0 Å². The van der Waals surface area contributed by atoms with Crippen LogP contribution in [0.4, 0.5) is 10.7 Å². The fourth-order valence-electron chi connectivity index (χ4n) is 4.19. The van der Waals surface area contributed by atoms with Crippen molar-refractivity contribution in [3.63, 3.8) is 0 Å². The number of nitrogens with one attached hydrogen (secondary N) is 2. The molecule has 0 spiro atoms. The molecule has 0 saturated heterocycles. The molecule has 33 heavy (non-hydrogen) atoms. The van der Waals surface area contributed by atoms with E-state index in [0.717, 1.165) is 24.8 Å². The average molecular weight is 501 g/mol. The third-order valence-corrected chi connectivity index (χ3v) is 7.79. The number of halogens is 2. The maximum Gasteiger partial charge on any atom is 0.258 e. The lowest BCUT2D eigenvalue weighted by molar-refractivity contribution is 0.102. The van der Waals surface area contributed by atoms with Crippen LogP contribution < -0.4 is 10.6 Å². The molecule has 1 atom stereocenters. The smallest absolute Gasteiger partial charge is 0.258 e. The normalized spacial score (nSPS) is 15.6. The zero-order valence-electron chi connectivity index (χ0n) is 18.8. The number of fused-ring (bicyclic) bond motifs is 1. The van der Waals surface area contributed by atoms with Crippen molar-refractivity contribution >= 4 is 57.0 Å². The average Bonchev–Trinajstić information content (AvgIpc) is 3.10. The highest BCUT2D eigenvalue weighted by molar-refractivity contribution is 7.17. The van der Waals surface area contributed by atoms with Gasteiger partial charge in [0.25, 0.3) is 11.8 Å². The molecule has 4 nitrogen and oxygen atoms in total. The Bertz CT molecular complexity index is 1200. The van der Waals surface area contributed by atoms with Crippen molar-refractivity contribution in [2.24, 2.45) is 11.3 Å². The van der Waals surface area contributed by atoms with Crippen molar-refractivity contribution in [1.82, 2.24) is 0 Å². The summed E-state index contributed by atoms with van der Waals surface area (Å²) in [6.07, 6.45) is 2.72. The summed E-state index contributed by atoms with van der Waals surface area (Å²) in [4.78, 5) is 27.5. The second-order valence-electron chi connectivity index (χ2n) is 9.44. The summed E-state index contributed by atoms with van der Waals surface area (Å²) in [5, 5.41) is 7.62. The van der Waals surface area contributed by atoms with Gasteiger partial charge in [0.2, 0.25) is 0 Å². The lowest BCUT2D eigenvalue weighted by Crippen LogP contribution is -2.27. The Hall–Kier alpha value is -2.34. The minimum absolute atomic E-state index is 0.178. The molecular weight excluding hydrogens is 475 g/mol. The number of anilines is 2. The molecule has 7 heteroatoms. The Kier molecular flexibility index (Phi) is 6.85. The number of carbonyl (C=O) groups is 2. The standard InChI is InChI=1S/C26H26Cl2N2O2S/c1-26(2,3)16-9-12-20-21(13-16)33-25(30-23(31)15-7-10-17(27)11-8-15)22(20)24(32)29-19-6-4-5-18(28)14-19/h4-8,10-11,14,16H,9,12-13H2,1-3H3,(H,29,32)(H,30,31). The van der Waals surface area contributed by atoms with Crippen molar-refractivity contribution < 1.29 is 9.59 Å². The number of rotatable bonds is 4. The fourth-order valence-corrected chi connectivity index (χ4v) is 5.83. The molecule has 0 radical (unpaired) electrons. The molecule has 1 unspecified atom stereocenters. The van der Waals surface area contributed by atoms with E-state index in [9.17, 15) is 9.59 Å². The third kappa shape index (κ3) is 5.43. The van der Waals surface area contributed by atoms with Crippen molar-refractivity contribution in [1.29, 1.82) is 0 Å². The summed E-state index contributed by atoms with van der Waals surface area (Å²) in [5.74, 6) is 0.0112. The van der Waals surface area contributed by atoms with Crippen LogP contribution in [-0.2, 0) is 12.8 Å². The van der Waals surface area contributed by atoms with E-state index >= 15 is 0 Å². The van der Waals surface area contributed by atoms with Gasteiger partial charge in [-0.05, 0) is 78.6 Å². The Morgan fingerprint density at radius 3 is 2.36 bits per heavy atom. The van der Waals surface area contributed by atoms with E-state index in [-0.39, 0.29) is 17.2 Å². The molecule has 2 aromatic carbocycles. The number of hydrogen-bond acceptors (Lipinski definition) is 3. The highest BCUT2D eigenvalue weighted by Gasteiger charge is 2.34. The Balaban J connectivity index is 1.68. The third-order valence-electron chi connectivity index (χ3n) is 6.13. The van der Waals surface area contributed by atoms with Crippen LogP contribution in [0.15, 0.2) is 48.5 Å². The van der Waals surface area contributed by atoms with E-state index in [1.54, 1.807) is 48.5 Å². The first-order valence-electron chi connectivity index (χ1n) is 10.9. The molecule has 0 saturated carbocycles.